The lowest BCUT2D eigenvalue weighted by molar-refractivity contribution is -0.124. The molecule has 57 heavy (non-hydrogen) atoms. The van der Waals surface area contributed by atoms with Crippen LogP contribution in [-0.2, 0) is 4.79 Å². The topological polar surface area (TPSA) is 89.8 Å². The molecular weight excluding hydrogens is 703 g/mol. The van der Waals surface area contributed by atoms with Crippen LogP contribution < -0.4 is 5.32 Å². The molecule has 332 valence electrons. The van der Waals surface area contributed by atoms with Crippen molar-refractivity contribution in [3.8, 4) is 0 Å². The second-order valence-electron chi connectivity index (χ2n) is 16.7. The van der Waals surface area contributed by atoms with Gasteiger partial charge in [-0.3, -0.25) is 4.79 Å². The van der Waals surface area contributed by atoms with Gasteiger partial charge in [-0.25, -0.2) is 0 Å². The van der Waals surface area contributed by atoms with Crippen LogP contribution in [0.15, 0.2) is 60.8 Å². The lowest BCUT2D eigenvalue weighted by atomic mass is 10.0. The van der Waals surface area contributed by atoms with Gasteiger partial charge in [-0.1, -0.05) is 222 Å². The number of unbranched alkanes of at least 4 members (excludes halogenated alkanes) is 27. The van der Waals surface area contributed by atoms with E-state index >= 15 is 0 Å². The molecule has 0 rings (SSSR count). The molecule has 1 amide bonds. The Balaban J connectivity index is 3.70. The summed E-state index contributed by atoms with van der Waals surface area (Å²) >= 11 is 0. The zero-order chi connectivity index (χ0) is 41.5. The van der Waals surface area contributed by atoms with Gasteiger partial charge in [0.15, 0.2) is 0 Å². The molecular formula is C52H95NO4. The summed E-state index contributed by atoms with van der Waals surface area (Å²) in [5.74, 6) is -0.331. The highest BCUT2D eigenvalue weighted by molar-refractivity contribution is 5.76. The zero-order valence-electron chi connectivity index (χ0n) is 37.7. The summed E-state index contributed by atoms with van der Waals surface area (Å²) in [4.78, 5) is 12.5. The van der Waals surface area contributed by atoms with Gasteiger partial charge in [-0.2, -0.15) is 0 Å². The maximum absolute atomic E-state index is 12.5. The summed E-state index contributed by atoms with van der Waals surface area (Å²) in [6.07, 6.45) is 62.4. The van der Waals surface area contributed by atoms with E-state index in [1.54, 1.807) is 6.08 Å². The van der Waals surface area contributed by atoms with E-state index in [9.17, 15) is 20.1 Å². The van der Waals surface area contributed by atoms with Crippen molar-refractivity contribution in [2.75, 3.05) is 6.61 Å². The smallest absolute Gasteiger partial charge is 0.222 e. The lowest BCUT2D eigenvalue weighted by Crippen LogP contribution is -2.45. The lowest BCUT2D eigenvalue weighted by Gasteiger charge is -2.21. The molecule has 0 spiro atoms. The highest BCUT2D eigenvalue weighted by Gasteiger charge is 2.20. The number of hydrogen-bond acceptors (Lipinski definition) is 4. The fourth-order valence-corrected chi connectivity index (χ4v) is 7.29. The minimum atomic E-state index is -0.962. The number of allylic oxidation sites excluding steroid dienone is 9. The molecule has 0 aliphatic rings. The van der Waals surface area contributed by atoms with Crippen molar-refractivity contribution in [3.05, 3.63) is 60.8 Å². The first kappa shape index (κ1) is 55.0. The number of aliphatic hydroxyl groups is 3. The molecule has 0 heterocycles. The fourth-order valence-electron chi connectivity index (χ4n) is 7.29. The monoisotopic (exact) mass is 798 g/mol. The van der Waals surface area contributed by atoms with Crippen molar-refractivity contribution in [2.24, 2.45) is 0 Å². The van der Waals surface area contributed by atoms with E-state index in [1.165, 1.54) is 161 Å². The van der Waals surface area contributed by atoms with Crippen LogP contribution in [0.5, 0.6) is 0 Å². The fraction of sp³-hybridized carbons (Fsp3) is 0.788. The van der Waals surface area contributed by atoms with Crippen molar-refractivity contribution in [1.82, 2.24) is 5.32 Å². The van der Waals surface area contributed by atoms with Gasteiger partial charge in [0.05, 0.1) is 31.3 Å². The Morgan fingerprint density at radius 3 is 1.32 bits per heavy atom. The molecule has 3 atom stereocenters. The third-order valence-corrected chi connectivity index (χ3v) is 11.0. The van der Waals surface area contributed by atoms with Crippen LogP contribution in [-0.4, -0.2) is 46.1 Å². The van der Waals surface area contributed by atoms with Gasteiger partial charge in [0.25, 0.3) is 0 Å². The van der Waals surface area contributed by atoms with Crippen molar-refractivity contribution >= 4 is 5.91 Å². The Hall–Kier alpha value is -1.95. The quantitative estimate of drug-likeness (QED) is 0.0365. The van der Waals surface area contributed by atoms with Crippen LogP contribution in [0.3, 0.4) is 0 Å². The summed E-state index contributed by atoms with van der Waals surface area (Å²) in [6, 6.07) is -0.770. The first-order valence-corrected chi connectivity index (χ1v) is 24.6. The average molecular weight is 798 g/mol. The Kier molecular flexibility index (Phi) is 45.1. The Morgan fingerprint density at radius 2 is 0.860 bits per heavy atom. The molecule has 0 aliphatic carbocycles. The third kappa shape index (κ3) is 43.5. The van der Waals surface area contributed by atoms with Gasteiger partial charge in [0.2, 0.25) is 5.91 Å². The average Bonchev–Trinajstić information content (AvgIpc) is 3.20. The van der Waals surface area contributed by atoms with Crippen molar-refractivity contribution in [3.63, 3.8) is 0 Å². The van der Waals surface area contributed by atoms with Crippen LogP contribution in [0.25, 0.3) is 0 Å². The molecule has 0 saturated heterocycles. The van der Waals surface area contributed by atoms with Gasteiger partial charge in [-0.05, 0) is 70.6 Å². The molecule has 3 unspecified atom stereocenters. The van der Waals surface area contributed by atoms with Gasteiger partial charge in [-0.15, -0.1) is 0 Å². The number of carbonyl (C=O) groups is 1. The molecule has 0 aliphatic heterocycles. The van der Waals surface area contributed by atoms with E-state index in [1.807, 2.05) is 6.08 Å². The Labute approximate surface area is 354 Å². The van der Waals surface area contributed by atoms with E-state index < -0.39 is 18.2 Å². The van der Waals surface area contributed by atoms with Crippen LogP contribution >= 0.6 is 0 Å². The predicted octanol–water partition coefficient (Wildman–Crippen LogP) is 14.7. The summed E-state index contributed by atoms with van der Waals surface area (Å²) in [5.41, 5.74) is 0. The van der Waals surface area contributed by atoms with Crippen molar-refractivity contribution in [2.45, 2.75) is 257 Å². The molecule has 0 radical (unpaired) electrons. The Bertz CT molecular complexity index is 969. The molecule has 0 aromatic rings. The number of amides is 1. The normalized spacial score (nSPS) is 14.0. The maximum Gasteiger partial charge on any atom is 0.222 e. The van der Waals surface area contributed by atoms with E-state index in [0.29, 0.717) is 6.42 Å². The SMILES string of the molecule is CC/C=C\C/C=C\CCCCCCCCCCCCCCC(O)CC(=O)NC(CO)C(O)/C=C/CC/C=C/CC/C=C/CCCCCCCCCCCCCCC. The zero-order valence-corrected chi connectivity index (χ0v) is 37.7. The van der Waals surface area contributed by atoms with Gasteiger partial charge < -0.3 is 20.6 Å². The van der Waals surface area contributed by atoms with Crippen LogP contribution in [0.1, 0.15) is 239 Å². The van der Waals surface area contributed by atoms with E-state index in [2.05, 4.69) is 67.8 Å². The van der Waals surface area contributed by atoms with Crippen molar-refractivity contribution < 1.29 is 20.1 Å². The maximum atomic E-state index is 12.5. The number of rotatable bonds is 44. The predicted molar refractivity (Wildman–Crippen MR) is 250 cm³/mol. The molecule has 4 N–H and O–H groups in total. The summed E-state index contributed by atoms with van der Waals surface area (Å²) in [7, 11) is 0. The third-order valence-electron chi connectivity index (χ3n) is 11.0. The van der Waals surface area contributed by atoms with Crippen LogP contribution in [0, 0.1) is 0 Å². The van der Waals surface area contributed by atoms with Gasteiger partial charge >= 0.3 is 0 Å². The number of hydrogen-bond donors (Lipinski definition) is 4. The molecule has 0 saturated carbocycles. The first-order valence-electron chi connectivity index (χ1n) is 24.6. The van der Waals surface area contributed by atoms with Crippen LogP contribution in [0.2, 0.25) is 0 Å². The molecule has 0 aromatic heterocycles. The summed E-state index contributed by atoms with van der Waals surface area (Å²) < 4.78 is 0. The van der Waals surface area contributed by atoms with Crippen LogP contribution in [0.4, 0.5) is 0 Å². The second-order valence-corrected chi connectivity index (χ2v) is 16.7. The molecule has 5 heteroatoms. The van der Waals surface area contributed by atoms with Crippen molar-refractivity contribution in [1.29, 1.82) is 0 Å². The van der Waals surface area contributed by atoms with E-state index in [-0.39, 0.29) is 18.9 Å². The number of carbonyl (C=O) groups excluding carboxylic acids is 1. The highest BCUT2D eigenvalue weighted by Crippen LogP contribution is 2.16. The summed E-state index contributed by atoms with van der Waals surface area (Å²) in [6.45, 7) is 4.11. The largest absolute Gasteiger partial charge is 0.394 e. The minimum Gasteiger partial charge on any atom is -0.394 e. The van der Waals surface area contributed by atoms with Gasteiger partial charge in [0, 0.05) is 0 Å². The first-order chi connectivity index (χ1) is 28.0. The molecule has 5 nitrogen and oxygen atoms in total. The minimum absolute atomic E-state index is 0.000295. The standard InChI is InChI=1S/C52H95NO4/c1-3-5-7-9-11-13-15-17-19-21-23-24-25-26-28-30-32-34-36-38-40-42-44-46-51(56)50(48-54)53-52(57)47-49(55)45-43-41-39-37-35-33-31-29-27-22-20-18-16-14-12-10-8-6-4-2/h6,8,12,14,28,30,36,38,44,46,49-51,54-56H,3-5,7,9-11,13,15-27,29,31-35,37,39-43,45,47-48H2,1-2H3,(H,53,57)/b8-6-,14-12-,30-28+,38-36+,46-44+. The molecule has 0 bridgehead atoms. The molecule has 0 aromatic carbocycles. The second kappa shape index (κ2) is 46.7. The van der Waals surface area contributed by atoms with Gasteiger partial charge in [0.1, 0.15) is 0 Å². The highest BCUT2D eigenvalue weighted by atomic mass is 16.3. The summed E-state index contributed by atoms with van der Waals surface area (Å²) in [5, 5.41) is 33.3. The van der Waals surface area contributed by atoms with E-state index in [4.69, 9.17) is 0 Å². The van der Waals surface area contributed by atoms with E-state index in [0.717, 1.165) is 51.4 Å². The number of aliphatic hydroxyl groups excluding tert-OH is 3. The molecule has 0 fully saturated rings. The Morgan fingerprint density at radius 1 is 0.474 bits per heavy atom. The number of nitrogens with one attached hydrogen (secondary N) is 1.